The van der Waals surface area contributed by atoms with E-state index in [0.29, 0.717) is 17.9 Å². The summed E-state index contributed by atoms with van der Waals surface area (Å²) < 4.78 is 3.97. The van der Waals surface area contributed by atoms with Crippen molar-refractivity contribution in [3.8, 4) is 10.7 Å². The molecule has 136 valence electrons. The van der Waals surface area contributed by atoms with Crippen LogP contribution >= 0.6 is 11.3 Å². The van der Waals surface area contributed by atoms with E-state index in [1.165, 1.54) is 0 Å². The Morgan fingerprint density at radius 3 is 2.56 bits per heavy atom. The number of nitrogens with one attached hydrogen (secondary N) is 1. The molecule has 0 aliphatic rings. The molecule has 4 aromatic rings. The Morgan fingerprint density at radius 2 is 1.81 bits per heavy atom. The van der Waals surface area contributed by atoms with Crippen LogP contribution in [-0.4, -0.2) is 25.2 Å². The van der Waals surface area contributed by atoms with E-state index in [1.54, 1.807) is 17.7 Å². The smallest absolute Gasteiger partial charge is 0.254 e. The number of carbonyl (C=O) groups is 1. The van der Waals surface area contributed by atoms with E-state index in [-0.39, 0.29) is 5.91 Å². The standard InChI is InChI=1S/C20H19N5OS/c1-14-8-9-15(2)25(14)20-17(10-11-27-20)19(26)21-12-18-23-22-13-24(18)16-6-4-3-5-7-16/h3-11,13H,12H2,1-2H3,(H,21,26). The van der Waals surface area contributed by atoms with Gasteiger partial charge in [0.25, 0.3) is 5.91 Å². The van der Waals surface area contributed by atoms with Crippen molar-refractivity contribution in [1.82, 2.24) is 24.6 Å². The number of aryl methyl sites for hydroxylation is 2. The van der Waals surface area contributed by atoms with Gasteiger partial charge in [-0.15, -0.1) is 21.5 Å². The highest BCUT2D eigenvalue weighted by Gasteiger charge is 2.17. The molecule has 0 bridgehead atoms. The minimum absolute atomic E-state index is 0.124. The molecule has 0 radical (unpaired) electrons. The van der Waals surface area contributed by atoms with Crippen LogP contribution < -0.4 is 5.32 Å². The average Bonchev–Trinajstić information content (AvgIpc) is 3.41. The van der Waals surface area contributed by atoms with Crippen molar-refractivity contribution in [1.29, 1.82) is 0 Å². The number of para-hydroxylation sites is 1. The Balaban J connectivity index is 1.54. The van der Waals surface area contributed by atoms with Crippen molar-refractivity contribution in [3.05, 3.63) is 83.0 Å². The van der Waals surface area contributed by atoms with Gasteiger partial charge >= 0.3 is 0 Å². The fraction of sp³-hybridized carbons (Fsp3) is 0.150. The van der Waals surface area contributed by atoms with Gasteiger partial charge in [0, 0.05) is 17.1 Å². The number of hydrogen-bond donors (Lipinski definition) is 1. The van der Waals surface area contributed by atoms with Gasteiger partial charge in [-0.25, -0.2) is 0 Å². The predicted molar refractivity (Wildman–Crippen MR) is 106 cm³/mol. The van der Waals surface area contributed by atoms with Crippen LogP contribution in [0.3, 0.4) is 0 Å². The zero-order valence-corrected chi connectivity index (χ0v) is 15.9. The Hall–Kier alpha value is -3.19. The molecule has 0 saturated carbocycles. The summed E-state index contributed by atoms with van der Waals surface area (Å²) >= 11 is 1.56. The van der Waals surface area contributed by atoms with Crippen LogP contribution in [0.25, 0.3) is 10.7 Å². The lowest BCUT2D eigenvalue weighted by Gasteiger charge is -2.11. The molecule has 7 heteroatoms. The summed E-state index contributed by atoms with van der Waals surface area (Å²) in [5, 5.41) is 14.0. The largest absolute Gasteiger partial charge is 0.345 e. The van der Waals surface area contributed by atoms with Gasteiger partial charge in [0.15, 0.2) is 5.82 Å². The highest BCUT2D eigenvalue weighted by atomic mass is 32.1. The molecule has 1 aromatic carbocycles. The fourth-order valence-electron chi connectivity index (χ4n) is 3.07. The van der Waals surface area contributed by atoms with E-state index < -0.39 is 0 Å². The van der Waals surface area contributed by atoms with Crippen molar-refractivity contribution < 1.29 is 4.79 Å². The molecule has 0 saturated heterocycles. The number of benzene rings is 1. The molecular formula is C20H19N5OS. The van der Waals surface area contributed by atoms with Gasteiger partial charge in [-0.3, -0.25) is 9.36 Å². The second-order valence-corrected chi connectivity index (χ2v) is 7.12. The molecule has 0 unspecified atom stereocenters. The van der Waals surface area contributed by atoms with Crippen LogP contribution in [0.15, 0.2) is 60.2 Å². The van der Waals surface area contributed by atoms with Crippen LogP contribution in [0.5, 0.6) is 0 Å². The van der Waals surface area contributed by atoms with Crippen LogP contribution in [0.2, 0.25) is 0 Å². The molecule has 6 nitrogen and oxygen atoms in total. The predicted octanol–water partition coefficient (Wildman–Crippen LogP) is 3.67. The SMILES string of the molecule is Cc1ccc(C)n1-c1sccc1C(=O)NCc1nncn1-c1ccccc1. The van der Waals surface area contributed by atoms with Crippen LogP contribution in [0.1, 0.15) is 27.6 Å². The van der Waals surface area contributed by atoms with E-state index in [0.717, 1.165) is 22.1 Å². The fourth-order valence-corrected chi connectivity index (χ4v) is 4.09. The van der Waals surface area contributed by atoms with Gasteiger partial charge in [-0.05, 0) is 49.6 Å². The third-order valence-electron chi connectivity index (χ3n) is 4.42. The van der Waals surface area contributed by atoms with Crippen molar-refractivity contribution in [2.75, 3.05) is 0 Å². The van der Waals surface area contributed by atoms with Gasteiger partial charge in [0.1, 0.15) is 11.3 Å². The van der Waals surface area contributed by atoms with Gasteiger partial charge in [-0.2, -0.15) is 0 Å². The molecule has 3 heterocycles. The van der Waals surface area contributed by atoms with Crippen molar-refractivity contribution in [3.63, 3.8) is 0 Å². The van der Waals surface area contributed by atoms with E-state index in [1.807, 2.05) is 60.2 Å². The molecule has 4 rings (SSSR count). The summed E-state index contributed by atoms with van der Waals surface area (Å²) in [6.45, 7) is 4.38. The lowest BCUT2D eigenvalue weighted by atomic mass is 10.3. The summed E-state index contributed by atoms with van der Waals surface area (Å²) in [6.07, 6.45) is 1.65. The maximum atomic E-state index is 12.8. The number of aromatic nitrogens is 4. The molecule has 0 aliphatic heterocycles. The Labute approximate surface area is 161 Å². The lowest BCUT2D eigenvalue weighted by Crippen LogP contribution is -2.25. The Kier molecular flexibility index (Phi) is 4.60. The molecular weight excluding hydrogens is 358 g/mol. The molecule has 27 heavy (non-hydrogen) atoms. The molecule has 0 aliphatic carbocycles. The summed E-state index contributed by atoms with van der Waals surface area (Å²) in [7, 11) is 0. The molecule has 0 fully saturated rings. The Morgan fingerprint density at radius 1 is 1.07 bits per heavy atom. The first-order valence-corrected chi connectivity index (χ1v) is 9.48. The minimum atomic E-state index is -0.124. The molecule has 3 aromatic heterocycles. The van der Waals surface area contributed by atoms with E-state index >= 15 is 0 Å². The van der Waals surface area contributed by atoms with E-state index in [2.05, 4.69) is 32.2 Å². The summed E-state index contributed by atoms with van der Waals surface area (Å²) in [4.78, 5) is 12.8. The molecule has 1 amide bonds. The number of nitrogens with zero attached hydrogens (tertiary/aromatic N) is 4. The van der Waals surface area contributed by atoms with Gasteiger partial charge in [-0.1, -0.05) is 18.2 Å². The van der Waals surface area contributed by atoms with E-state index in [9.17, 15) is 4.79 Å². The summed E-state index contributed by atoms with van der Waals surface area (Å²) in [5.74, 6) is 0.556. The summed E-state index contributed by atoms with van der Waals surface area (Å²) in [6, 6.07) is 15.8. The van der Waals surface area contributed by atoms with Crippen molar-refractivity contribution in [2.45, 2.75) is 20.4 Å². The van der Waals surface area contributed by atoms with Crippen LogP contribution in [0, 0.1) is 13.8 Å². The normalized spacial score (nSPS) is 10.9. The van der Waals surface area contributed by atoms with E-state index in [4.69, 9.17) is 0 Å². The molecule has 1 N–H and O–H groups in total. The minimum Gasteiger partial charge on any atom is -0.345 e. The molecule has 0 spiro atoms. The van der Waals surface area contributed by atoms with Crippen LogP contribution in [-0.2, 0) is 6.54 Å². The monoisotopic (exact) mass is 377 g/mol. The second-order valence-electron chi connectivity index (χ2n) is 6.23. The number of hydrogen-bond acceptors (Lipinski definition) is 4. The average molecular weight is 377 g/mol. The lowest BCUT2D eigenvalue weighted by molar-refractivity contribution is 0.0950. The quantitative estimate of drug-likeness (QED) is 0.577. The van der Waals surface area contributed by atoms with Gasteiger partial charge < -0.3 is 9.88 Å². The highest BCUT2D eigenvalue weighted by molar-refractivity contribution is 7.13. The summed E-state index contributed by atoms with van der Waals surface area (Å²) in [5.41, 5.74) is 3.83. The first-order valence-electron chi connectivity index (χ1n) is 8.60. The number of amides is 1. The third-order valence-corrected chi connectivity index (χ3v) is 5.32. The highest BCUT2D eigenvalue weighted by Crippen LogP contribution is 2.26. The molecule has 0 atom stereocenters. The zero-order chi connectivity index (χ0) is 18.8. The number of carbonyl (C=O) groups excluding carboxylic acids is 1. The van der Waals surface area contributed by atoms with Crippen molar-refractivity contribution >= 4 is 17.2 Å². The van der Waals surface area contributed by atoms with Crippen LogP contribution in [0.4, 0.5) is 0 Å². The van der Waals surface area contributed by atoms with Crippen molar-refractivity contribution in [2.24, 2.45) is 0 Å². The van der Waals surface area contributed by atoms with Gasteiger partial charge in [0.2, 0.25) is 0 Å². The second kappa shape index (κ2) is 7.20. The Bertz CT molecular complexity index is 1060. The first kappa shape index (κ1) is 17.2. The number of rotatable bonds is 5. The van der Waals surface area contributed by atoms with Gasteiger partial charge in [0.05, 0.1) is 12.1 Å². The topological polar surface area (TPSA) is 64.7 Å². The third kappa shape index (κ3) is 3.29. The maximum Gasteiger partial charge on any atom is 0.254 e. The number of thiophene rings is 1. The zero-order valence-electron chi connectivity index (χ0n) is 15.1. The maximum absolute atomic E-state index is 12.8. The first-order chi connectivity index (χ1) is 13.1.